The average Bonchev–Trinajstić information content (AvgIpc) is 3.03. The number of ether oxygens (including phenoxy) is 1. The number of rotatable bonds is 8. The molecule has 0 N–H and O–H groups in total. The first-order valence-corrected chi connectivity index (χ1v) is 17.2. The van der Waals surface area contributed by atoms with Crippen molar-refractivity contribution in [2.45, 2.75) is 45.1 Å². The van der Waals surface area contributed by atoms with Crippen LogP contribution in [0.25, 0.3) is 28.0 Å². The van der Waals surface area contributed by atoms with Crippen molar-refractivity contribution < 1.29 is 31.5 Å². The summed E-state index contributed by atoms with van der Waals surface area (Å²) in [6, 6.07) is 8.86. The van der Waals surface area contributed by atoms with E-state index in [-0.39, 0.29) is 64.8 Å². The van der Waals surface area contributed by atoms with Gasteiger partial charge >= 0.3 is 11.7 Å². The van der Waals surface area contributed by atoms with Gasteiger partial charge in [0.1, 0.15) is 23.1 Å². The summed E-state index contributed by atoms with van der Waals surface area (Å²) in [5.74, 6) is -3.73. The molecule has 0 unspecified atom stereocenters. The highest BCUT2D eigenvalue weighted by atomic mass is 32.2. The van der Waals surface area contributed by atoms with Crippen LogP contribution in [0, 0.1) is 17.6 Å². The maximum atomic E-state index is 16.3. The van der Waals surface area contributed by atoms with Crippen LogP contribution in [0.15, 0.2) is 64.8 Å². The number of anilines is 1. The van der Waals surface area contributed by atoms with E-state index < -0.39 is 50.3 Å². The number of carbonyl (C=O) groups excluding carboxylic acids is 2. The van der Waals surface area contributed by atoms with Crippen LogP contribution in [0.1, 0.15) is 33.3 Å². The number of aromatic nitrogens is 3. The second kappa shape index (κ2) is 13.3. The number of sulfone groups is 1. The summed E-state index contributed by atoms with van der Waals surface area (Å²) in [7, 11) is -3.92. The minimum absolute atomic E-state index is 0.0175. The van der Waals surface area contributed by atoms with Gasteiger partial charge in [0.25, 0.3) is 0 Å². The molecule has 1 atom stereocenters. The van der Waals surface area contributed by atoms with Gasteiger partial charge in [-0.3, -0.25) is 9.59 Å². The lowest BCUT2D eigenvalue weighted by Gasteiger charge is -2.40. The maximum Gasteiger partial charge on any atom is 0.355 e. The van der Waals surface area contributed by atoms with Crippen molar-refractivity contribution >= 4 is 38.6 Å². The van der Waals surface area contributed by atoms with Crippen LogP contribution in [0.3, 0.4) is 0 Å². The molecule has 5 rings (SSSR count). The van der Waals surface area contributed by atoms with E-state index in [1.807, 2.05) is 6.92 Å². The molecule has 0 aliphatic carbocycles. The lowest BCUT2D eigenvalue weighted by atomic mass is 10.1. The molecule has 0 radical (unpaired) electrons. The van der Waals surface area contributed by atoms with Gasteiger partial charge in [0.15, 0.2) is 21.3 Å². The van der Waals surface area contributed by atoms with Crippen molar-refractivity contribution in [3.8, 4) is 22.7 Å². The highest BCUT2D eigenvalue weighted by molar-refractivity contribution is 7.90. The number of nitrogens with zero attached hydrogens (tertiary/aromatic N) is 5. The molecule has 11 nitrogen and oxygen atoms in total. The number of halogens is 2. The van der Waals surface area contributed by atoms with Crippen LogP contribution >= 0.6 is 0 Å². The maximum absolute atomic E-state index is 16.3. The number of aryl methyl sites for hydroxylation is 1. The Morgan fingerprint density at radius 1 is 1.10 bits per heavy atom. The summed E-state index contributed by atoms with van der Waals surface area (Å²) in [6.07, 6.45) is 2.51. The van der Waals surface area contributed by atoms with E-state index in [9.17, 15) is 22.8 Å². The third kappa shape index (κ3) is 6.31. The smallest absolute Gasteiger partial charge is 0.355 e. The molecule has 14 heteroatoms. The fraction of sp³-hybridized carbons (Fsp3) is 0.324. The Balaban J connectivity index is 1.87. The first kappa shape index (κ1) is 34.4. The minimum Gasteiger partial charge on any atom is -0.425 e. The van der Waals surface area contributed by atoms with Crippen molar-refractivity contribution in [2.75, 3.05) is 30.8 Å². The number of hydrogen-bond acceptors (Lipinski definition) is 9. The highest BCUT2D eigenvalue weighted by Gasteiger charge is 2.32. The van der Waals surface area contributed by atoms with Crippen LogP contribution in [0.4, 0.5) is 14.6 Å². The largest absolute Gasteiger partial charge is 0.425 e. The molecule has 2 aromatic carbocycles. The normalized spacial score (nSPS) is 15.2. The topological polar surface area (TPSA) is 132 Å². The van der Waals surface area contributed by atoms with Crippen molar-refractivity contribution in [3.63, 3.8) is 0 Å². The Bertz CT molecular complexity index is 2130. The molecule has 0 bridgehead atoms. The molecule has 252 valence electrons. The Kier molecular flexibility index (Phi) is 9.49. The predicted molar refractivity (Wildman–Crippen MR) is 177 cm³/mol. The Hall–Kier alpha value is -4.98. The van der Waals surface area contributed by atoms with Gasteiger partial charge in [0.2, 0.25) is 5.91 Å². The summed E-state index contributed by atoms with van der Waals surface area (Å²) >= 11 is 0. The number of piperazine rings is 1. The van der Waals surface area contributed by atoms with Gasteiger partial charge in [-0.05, 0) is 49.2 Å². The van der Waals surface area contributed by atoms with Gasteiger partial charge in [0, 0.05) is 31.9 Å². The van der Waals surface area contributed by atoms with E-state index in [0.29, 0.717) is 12.0 Å². The fourth-order valence-electron chi connectivity index (χ4n) is 5.75. The molecule has 0 saturated carbocycles. The van der Waals surface area contributed by atoms with Crippen molar-refractivity contribution in [1.82, 2.24) is 19.4 Å². The lowest BCUT2D eigenvalue weighted by molar-refractivity contribution is -0.137. The highest BCUT2D eigenvalue weighted by Crippen LogP contribution is 2.38. The van der Waals surface area contributed by atoms with Crippen molar-refractivity contribution in [2.24, 2.45) is 5.92 Å². The number of hydrogen-bond donors (Lipinski definition) is 0. The molecule has 1 amide bonds. The Labute approximate surface area is 276 Å². The molecule has 1 fully saturated rings. The fourth-order valence-corrected chi connectivity index (χ4v) is 6.65. The zero-order valence-corrected chi connectivity index (χ0v) is 28.0. The van der Waals surface area contributed by atoms with E-state index in [4.69, 9.17) is 4.74 Å². The third-order valence-corrected chi connectivity index (χ3v) is 9.30. The van der Waals surface area contributed by atoms with Gasteiger partial charge in [-0.1, -0.05) is 45.5 Å². The number of benzene rings is 2. The molecular formula is C34H35F2N5O6S. The molecular weight excluding hydrogens is 644 g/mol. The van der Waals surface area contributed by atoms with E-state index in [1.165, 1.54) is 24.3 Å². The van der Waals surface area contributed by atoms with E-state index in [0.717, 1.165) is 23.0 Å². The van der Waals surface area contributed by atoms with Crippen LogP contribution < -0.4 is 15.3 Å². The molecule has 1 aliphatic heterocycles. The molecule has 48 heavy (non-hydrogen) atoms. The lowest BCUT2D eigenvalue weighted by Crippen LogP contribution is -2.54. The summed E-state index contributed by atoms with van der Waals surface area (Å²) in [6.45, 7) is 11.0. The molecule has 4 aromatic rings. The Morgan fingerprint density at radius 2 is 1.81 bits per heavy atom. The SMILES string of the molecule is C=CC(=O)N1CCN(c2nc(=O)n(-c3c(CC)cccc3S(C)(=O)=O)c3nc(-c4c(F)cccc4OC(=O)C(C)C)c(F)cc23)[C@@H](C)C1. The van der Waals surface area contributed by atoms with Gasteiger partial charge in [-0.2, -0.15) is 4.98 Å². The van der Waals surface area contributed by atoms with E-state index in [2.05, 4.69) is 16.5 Å². The summed E-state index contributed by atoms with van der Waals surface area (Å²) in [5.41, 5.74) is -1.69. The number of amides is 1. The van der Waals surface area contributed by atoms with E-state index in [1.54, 1.807) is 42.7 Å². The summed E-state index contributed by atoms with van der Waals surface area (Å²) in [4.78, 5) is 51.0. The minimum atomic E-state index is -3.92. The van der Waals surface area contributed by atoms with Crippen LogP contribution in [0.5, 0.6) is 5.75 Å². The molecule has 1 aliphatic rings. The monoisotopic (exact) mass is 679 g/mol. The molecule has 2 aromatic heterocycles. The zero-order valence-electron chi connectivity index (χ0n) is 27.2. The third-order valence-electron chi connectivity index (χ3n) is 8.17. The molecule has 0 spiro atoms. The quantitative estimate of drug-likeness (QED) is 0.150. The van der Waals surface area contributed by atoms with Crippen molar-refractivity contribution in [3.05, 3.63) is 82.8 Å². The second-order valence-corrected chi connectivity index (χ2v) is 13.8. The zero-order chi connectivity index (χ0) is 35.1. The summed E-state index contributed by atoms with van der Waals surface area (Å²) in [5, 5.41) is 0.0358. The van der Waals surface area contributed by atoms with Crippen LogP contribution in [0.2, 0.25) is 0 Å². The van der Waals surface area contributed by atoms with Gasteiger partial charge in [-0.15, -0.1) is 0 Å². The summed E-state index contributed by atoms with van der Waals surface area (Å²) < 4.78 is 64.4. The van der Waals surface area contributed by atoms with Gasteiger partial charge < -0.3 is 14.5 Å². The number of esters is 1. The number of carbonyl (C=O) groups is 2. The number of para-hydroxylation sites is 1. The van der Waals surface area contributed by atoms with Gasteiger partial charge in [-0.25, -0.2) is 31.5 Å². The molecule has 3 heterocycles. The number of pyridine rings is 1. The predicted octanol–water partition coefficient (Wildman–Crippen LogP) is 4.48. The Morgan fingerprint density at radius 3 is 2.44 bits per heavy atom. The molecule has 1 saturated heterocycles. The standard InChI is InChI=1S/C34H35F2N5O6S/c1-7-21-11-9-14-26(48(6,45)46)30(21)41-32-22(31(38-34(41)44)40-16-15-39(18-20(40)5)27(42)8-2)17-24(36)29(37-32)28-23(35)12-10-13-25(28)47-33(43)19(3)4/h8-14,17,19-20H,2,7,15-16,18H2,1,3-6H3/t20-/m0/s1. The van der Waals surface area contributed by atoms with Crippen LogP contribution in [-0.4, -0.2) is 71.7 Å². The second-order valence-electron chi connectivity index (χ2n) is 11.9. The number of fused-ring (bicyclic) bond motifs is 1. The first-order chi connectivity index (χ1) is 22.7. The van der Waals surface area contributed by atoms with Crippen LogP contribution in [-0.2, 0) is 25.8 Å². The average molecular weight is 680 g/mol. The van der Waals surface area contributed by atoms with Crippen molar-refractivity contribution in [1.29, 1.82) is 0 Å². The first-order valence-electron chi connectivity index (χ1n) is 15.3. The van der Waals surface area contributed by atoms with Gasteiger partial charge in [0.05, 0.1) is 27.5 Å². The van der Waals surface area contributed by atoms with E-state index >= 15 is 8.78 Å².